The van der Waals surface area contributed by atoms with Crippen molar-refractivity contribution >= 4 is 5.97 Å². The fourth-order valence-corrected chi connectivity index (χ4v) is 4.10. The highest BCUT2D eigenvalue weighted by Crippen LogP contribution is 2.36. The van der Waals surface area contributed by atoms with Crippen LogP contribution >= 0.6 is 0 Å². The number of aryl methyl sites for hydroxylation is 1. The van der Waals surface area contributed by atoms with Gasteiger partial charge in [0.05, 0.1) is 25.0 Å². The molecule has 0 amide bonds. The molecule has 0 atom stereocenters. The van der Waals surface area contributed by atoms with Gasteiger partial charge in [0.15, 0.2) is 0 Å². The summed E-state index contributed by atoms with van der Waals surface area (Å²) in [5.41, 5.74) is 2.45. The Labute approximate surface area is 221 Å². The number of oxazole rings is 1. The van der Waals surface area contributed by atoms with Crippen molar-refractivity contribution in [2.75, 3.05) is 13.2 Å². The lowest BCUT2D eigenvalue weighted by Crippen LogP contribution is -2.08. The molecular formula is C30H31NO7. The maximum atomic E-state index is 11.6. The van der Waals surface area contributed by atoms with Crippen LogP contribution in [0.15, 0.2) is 71.5 Å². The number of hydrogen-bond donors (Lipinski definition) is 2. The molecule has 0 bridgehead atoms. The highest BCUT2D eigenvalue weighted by Gasteiger charge is 2.16. The van der Waals surface area contributed by atoms with Crippen LogP contribution in [-0.2, 0) is 12.8 Å². The van der Waals surface area contributed by atoms with Gasteiger partial charge < -0.3 is 28.8 Å². The SMILES string of the molecule is CCCc1c(OCCCOc2cc(O)c(-c3ncco3)cc2CC)cccc1Oc1ccccc1C(=O)O. The number of carbonyl (C=O) groups is 1. The standard InChI is InChI=1S/C30H31NO7/c1-3-9-21-25(12-7-13-26(21)38-27-11-6-5-10-22(27)30(33)34)35-15-8-16-36-28-19-24(32)23(18-20(28)4-2)29-31-14-17-37-29/h5-7,10-14,17-19,32H,3-4,8-9,15-16H2,1-2H3,(H,33,34). The van der Waals surface area contributed by atoms with E-state index in [4.69, 9.17) is 18.6 Å². The number of hydrogen-bond acceptors (Lipinski definition) is 7. The molecule has 0 saturated heterocycles. The lowest BCUT2D eigenvalue weighted by Gasteiger charge is -2.17. The summed E-state index contributed by atoms with van der Waals surface area (Å²) in [6, 6.07) is 15.5. The highest BCUT2D eigenvalue weighted by atomic mass is 16.5. The summed E-state index contributed by atoms with van der Waals surface area (Å²) < 4.78 is 23.4. The van der Waals surface area contributed by atoms with Gasteiger partial charge in [-0.3, -0.25) is 0 Å². The number of carboxylic acids is 1. The first-order valence-corrected chi connectivity index (χ1v) is 12.6. The number of rotatable bonds is 13. The van der Waals surface area contributed by atoms with Crippen LogP contribution in [0.3, 0.4) is 0 Å². The molecule has 38 heavy (non-hydrogen) atoms. The minimum Gasteiger partial charge on any atom is -0.507 e. The summed E-state index contributed by atoms with van der Waals surface area (Å²) in [7, 11) is 0. The van der Waals surface area contributed by atoms with Crippen molar-refractivity contribution in [3.05, 3.63) is 83.7 Å². The maximum absolute atomic E-state index is 11.6. The highest BCUT2D eigenvalue weighted by molar-refractivity contribution is 5.91. The molecule has 0 fully saturated rings. The van der Waals surface area contributed by atoms with Crippen molar-refractivity contribution in [2.45, 2.75) is 39.5 Å². The molecule has 1 aromatic heterocycles. The second-order valence-corrected chi connectivity index (χ2v) is 8.60. The normalized spacial score (nSPS) is 10.8. The Balaban J connectivity index is 1.39. The van der Waals surface area contributed by atoms with Gasteiger partial charge in [-0.2, -0.15) is 0 Å². The number of benzene rings is 3. The van der Waals surface area contributed by atoms with Crippen LogP contribution in [0.1, 0.15) is 48.2 Å². The zero-order chi connectivity index (χ0) is 26.9. The molecule has 198 valence electrons. The van der Waals surface area contributed by atoms with Gasteiger partial charge in [0, 0.05) is 18.1 Å². The van der Waals surface area contributed by atoms with Gasteiger partial charge in [0.1, 0.15) is 40.6 Å². The number of phenolic OH excluding ortho intramolecular Hbond substituents is 1. The quantitative estimate of drug-likeness (QED) is 0.184. The Hall–Kier alpha value is -4.46. The number of ether oxygens (including phenoxy) is 3. The molecule has 4 aromatic rings. The topological polar surface area (TPSA) is 111 Å². The van der Waals surface area contributed by atoms with Gasteiger partial charge in [-0.05, 0) is 48.7 Å². The van der Waals surface area contributed by atoms with Crippen LogP contribution in [-0.4, -0.2) is 34.4 Å². The fraction of sp³-hybridized carbons (Fsp3) is 0.267. The van der Waals surface area contributed by atoms with Crippen LogP contribution in [0.5, 0.6) is 28.7 Å². The van der Waals surface area contributed by atoms with Crippen LogP contribution in [0.25, 0.3) is 11.5 Å². The predicted molar refractivity (Wildman–Crippen MR) is 143 cm³/mol. The number of para-hydroxylation sites is 1. The van der Waals surface area contributed by atoms with E-state index in [1.165, 1.54) is 18.5 Å². The molecule has 0 saturated carbocycles. The molecule has 0 radical (unpaired) electrons. The molecule has 0 aliphatic carbocycles. The summed E-state index contributed by atoms with van der Waals surface area (Å²) in [6.07, 6.45) is 5.92. The molecular weight excluding hydrogens is 486 g/mol. The van der Waals surface area contributed by atoms with Crippen molar-refractivity contribution < 1.29 is 33.6 Å². The van der Waals surface area contributed by atoms with Gasteiger partial charge in [-0.15, -0.1) is 0 Å². The van der Waals surface area contributed by atoms with E-state index in [1.54, 1.807) is 24.3 Å². The van der Waals surface area contributed by atoms with Gasteiger partial charge in [-0.1, -0.05) is 38.5 Å². The number of aromatic carboxylic acids is 1. The minimum atomic E-state index is -1.04. The average molecular weight is 518 g/mol. The largest absolute Gasteiger partial charge is 0.507 e. The minimum absolute atomic E-state index is 0.0430. The van der Waals surface area contributed by atoms with Gasteiger partial charge in [0.2, 0.25) is 5.89 Å². The molecule has 0 spiro atoms. The second kappa shape index (κ2) is 12.7. The lowest BCUT2D eigenvalue weighted by atomic mass is 10.1. The summed E-state index contributed by atoms with van der Waals surface area (Å²) in [4.78, 5) is 15.7. The van der Waals surface area contributed by atoms with E-state index in [1.807, 2.05) is 31.2 Å². The monoisotopic (exact) mass is 517 g/mol. The van der Waals surface area contributed by atoms with E-state index < -0.39 is 5.97 Å². The Bertz CT molecular complexity index is 1370. The average Bonchev–Trinajstić information content (AvgIpc) is 3.45. The fourth-order valence-electron chi connectivity index (χ4n) is 4.10. The molecule has 0 unspecified atom stereocenters. The second-order valence-electron chi connectivity index (χ2n) is 8.60. The molecule has 4 rings (SSSR count). The molecule has 8 heteroatoms. The summed E-state index contributed by atoms with van der Waals surface area (Å²) >= 11 is 0. The molecule has 3 aromatic carbocycles. The first-order chi connectivity index (χ1) is 18.5. The van der Waals surface area contributed by atoms with Crippen molar-refractivity contribution in [2.24, 2.45) is 0 Å². The van der Waals surface area contributed by atoms with Crippen molar-refractivity contribution in [1.82, 2.24) is 4.98 Å². The van der Waals surface area contributed by atoms with Crippen LogP contribution in [0.4, 0.5) is 0 Å². The Kier molecular flexibility index (Phi) is 8.87. The Morgan fingerprint density at radius 2 is 1.68 bits per heavy atom. The third-order valence-corrected chi connectivity index (χ3v) is 5.95. The summed E-state index contributed by atoms with van der Waals surface area (Å²) in [5, 5.41) is 19.9. The van der Waals surface area contributed by atoms with E-state index in [9.17, 15) is 15.0 Å². The van der Waals surface area contributed by atoms with Crippen molar-refractivity contribution in [3.8, 4) is 40.2 Å². The van der Waals surface area contributed by atoms with Gasteiger partial charge in [0.25, 0.3) is 0 Å². The number of phenols is 1. The Morgan fingerprint density at radius 1 is 0.947 bits per heavy atom. The van der Waals surface area contributed by atoms with E-state index in [0.29, 0.717) is 54.8 Å². The molecule has 0 aliphatic heterocycles. The number of aromatic nitrogens is 1. The first kappa shape index (κ1) is 26.6. The third-order valence-electron chi connectivity index (χ3n) is 5.95. The zero-order valence-electron chi connectivity index (χ0n) is 21.5. The third kappa shape index (κ3) is 6.26. The zero-order valence-corrected chi connectivity index (χ0v) is 21.5. The number of carboxylic acid groups (broad SMARTS) is 1. The van der Waals surface area contributed by atoms with Crippen LogP contribution < -0.4 is 14.2 Å². The molecule has 8 nitrogen and oxygen atoms in total. The predicted octanol–water partition coefficient (Wildman–Crippen LogP) is 6.90. The summed E-state index contributed by atoms with van der Waals surface area (Å²) in [5.74, 6) is 1.52. The number of nitrogens with zero attached hydrogens (tertiary/aromatic N) is 1. The number of aromatic hydroxyl groups is 1. The summed E-state index contributed by atoms with van der Waals surface area (Å²) in [6.45, 7) is 4.89. The molecule has 2 N–H and O–H groups in total. The molecule has 1 heterocycles. The van der Waals surface area contributed by atoms with E-state index in [-0.39, 0.29) is 17.1 Å². The first-order valence-electron chi connectivity index (χ1n) is 12.6. The van der Waals surface area contributed by atoms with Gasteiger partial charge in [-0.25, -0.2) is 9.78 Å². The maximum Gasteiger partial charge on any atom is 0.339 e. The van der Waals surface area contributed by atoms with Crippen LogP contribution in [0, 0.1) is 0 Å². The smallest absolute Gasteiger partial charge is 0.339 e. The lowest BCUT2D eigenvalue weighted by molar-refractivity contribution is 0.0694. The van der Waals surface area contributed by atoms with Crippen molar-refractivity contribution in [3.63, 3.8) is 0 Å². The van der Waals surface area contributed by atoms with E-state index in [0.717, 1.165) is 24.0 Å². The van der Waals surface area contributed by atoms with E-state index >= 15 is 0 Å². The van der Waals surface area contributed by atoms with E-state index in [2.05, 4.69) is 11.9 Å². The van der Waals surface area contributed by atoms with Crippen LogP contribution in [0.2, 0.25) is 0 Å². The van der Waals surface area contributed by atoms with Gasteiger partial charge >= 0.3 is 5.97 Å². The van der Waals surface area contributed by atoms with Crippen molar-refractivity contribution in [1.29, 1.82) is 0 Å². The Morgan fingerprint density at radius 3 is 2.39 bits per heavy atom. The molecule has 0 aliphatic rings.